The highest BCUT2D eigenvalue weighted by Gasteiger charge is 2.38. The van der Waals surface area contributed by atoms with Crippen LogP contribution in [0.3, 0.4) is 0 Å². The van der Waals surface area contributed by atoms with Crippen molar-refractivity contribution < 1.29 is 52.5 Å². The fourth-order valence-corrected chi connectivity index (χ4v) is 6.64. The first-order chi connectivity index (χ1) is 26.6. The molecule has 0 atom stereocenters. The first-order valence-electron chi connectivity index (χ1n) is 19.5. The van der Waals surface area contributed by atoms with Crippen LogP contribution in [0, 0.1) is 11.3 Å². The second-order valence-electron chi connectivity index (χ2n) is 15.1. The van der Waals surface area contributed by atoms with Gasteiger partial charge < -0.3 is 23.7 Å². The van der Waals surface area contributed by atoms with Gasteiger partial charge in [-0.2, -0.15) is 0 Å². The van der Waals surface area contributed by atoms with Crippen LogP contribution >= 0.6 is 0 Å². The first kappa shape index (κ1) is 45.3. The molecule has 0 aromatic heterocycles. The van der Waals surface area contributed by atoms with Gasteiger partial charge in [0.25, 0.3) is 0 Å². The number of hydrogen-bond donors (Lipinski definition) is 0. The van der Waals surface area contributed by atoms with Gasteiger partial charge in [-0.05, 0) is 92.2 Å². The molecule has 2 aromatic carbocycles. The third kappa shape index (κ3) is 13.6. The molecule has 1 aliphatic carbocycles. The van der Waals surface area contributed by atoms with Gasteiger partial charge in [-0.15, -0.1) is 0 Å². The van der Waals surface area contributed by atoms with E-state index in [0.717, 1.165) is 37.3 Å². The van der Waals surface area contributed by atoms with E-state index in [1.807, 2.05) is 12.1 Å². The number of aryl methyl sites for hydroxylation is 1. The Morgan fingerprint density at radius 3 is 1.77 bits per heavy atom. The van der Waals surface area contributed by atoms with Crippen LogP contribution in [0.5, 0.6) is 5.75 Å². The van der Waals surface area contributed by atoms with Gasteiger partial charge in [0.05, 0.1) is 0 Å². The average Bonchev–Trinajstić information content (AvgIpc) is 3.18. The quantitative estimate of drug-likeness (QED) is 0.0375. The van der Waals surface area contributed by atoms with Crippen molar-refractivity contribution in [2.24, 2.45) is 11.3 Å². The smallest absolute Gasteiger partial charge is 0.374 e. The Bertz CT molecular complexity index is 1690. The average molecular weight is 775 g/mol. The highest BCUT2D eigenvalue weighted by Crippen LogP contribution is 2.40. The molecule has 1 aliphatic rings. The summed E-state index contributed by atoms with van der Waals surface area (Å²) in [5.74, 6) is -3.90. The van der Waals surface area contributed by atoms with Crippen molar-refractivity contribution in [1.29, 1.82) is 0 Å². The summed E-state index contributed by atoms with van der Waals surface area (Å²) in [7, 11) is 0. The number of carbonyl (C=O) groups excluding carboxylic acids is 6. The van der Waals surface area contributed by atoms with Crippen molar-refractivity contribution in [2.75, 3.05) is 26.4 Å². The number of unbranched alkanes of at least 4 members (excludes halogenated alkanes) is 2. The SMILES string of the molecule is C=C(C)C(=O)OCc1cc(-c2ccc(C3CCC(CCCCC)CC3)cc2CC)ccc1OCC(COC(=O)C(=C)C)(COC(=O)C(C)=O)COC(=O)C(C)=O. The van der Waals surface area contributed by atoms with Crippen molar-refractivity contribution in [3.05, 3.63) is 77.4 Å². The molecule has 304 valence electrons. The summed E-state index contributed by atoms with van der Waals surface area (Å²) in [5.41, 5.74) is 3.61. The predicted octanol–water partition coefficient (Wildman–Crippen LogP) is 8.14. The minimum absolute atomic E-state index is 0.0724. The maximum Gasteiger partial charge on any atom is 0.374 e. The minimum atomic E-state index is -1.59. The van der Waals surface area contributed by atoms with Gasteiger partial charge in [0.1, 0.15) is 44.2 Å². The van der Waals surface area contributed by atoms with Crippen LogP contribution in [0.4, 0.5) is 0 Å². The van der Waals surface area contributed by atoms with Gasteiger partial charge in [0, 0.05) is 30.6 Å². The van der Waals surface area contributed by atoms with Crippen LogP contribution in [-0.4, -0.2) is 61.9 Å². The standard InChI is InChI=1S/C45H58O11/c1-9-11-12-13-33-14-16-35(17-15-33)36-18-20-39(34(10-2)22-36)37-19-21-40(38(23-37)24-52-41(48)29(3)4)53-25-45(26-54-42(49)30(5)6,27-55-43(50)31(7)46)28-56-44(51)32(8)47/h18-23,33,35H,3,5,9-17,24-28H2,1-2,4,6-8H3. The van der Waals surface area contributed by atoms with Gasteiger partial charge >= 0.3 is 23.9 Å². The van der Waals surface area contributed by atoms with Gasteiger partial charge in [-0.3, -0.25) is 9.59 Å². The van der Waals surface area contributed by atoms with Gasteiger partial charge in [-0.25, -0.2) is 19.2 Å². The van der Waals surface area contributed by atoms with Gasteiger partial charge in [-0.1, -0.05) is 77.0 Å². The molecule has 0 aliphatic heterocycles. The van der Waals surface area contributed by atoms with Crippen LogP contribution < -0.4 is 4.74 Å². The molecule has 0 radical (unpaired) electrons. The number of ketones is 2. The molecule has 11 nitrogen and oxygen atoms in total. The molecular weight excluding hydrogens is 716 g/mol. The van der Waals surface area contributed by atoms with E-state index in [9.17, 15) is 28.8 Å². The molecule has 56 heavy (non-hydrogen) atoms. The summed E-state index contributed by atoms with van der Waals surface area (Å²) >= 11 is 0. The summed E-state index contributed by atoms with van der Waals surface area (Å²) in [4.78, 5) is 73.0. The molecule has 0 N–H and O–H groups in total. The number of benzene rings is 2. The van der Waals surface area contributed by atoms with E-state index in [2.05, 4.69) is 45.2 Å². The third-order valence-electron chi connectivity index (χ3n) is 10.1. The fraction of sp³-hybridized carbons (Fsp3) is 0.511. The van der Waals surface area contributed by atoms with E-state index in [-0.39, 0.29) is 23.5 Å². The van der Waals surface area contributed by atoms with Crippen molar-refractivity contribution in [3.8, 4) is 16.9 Å². The Kier molecular flexibility index (Phi) is 17.7. The van der Waals surface area contributed by atoms with Crippen molar-refractivity contribution >= 4 is 35.4 Å². The summed E-state index contributed by atoms with van der Waals surface area (Å²) in [6, 6.07) is 12.1. The maximum atomic E-state index is 12.5. The second-order valence-corrected chi connectivity index (χ2v) is 15.1. The Hall–Kier alpha value is -5.06. The highest BCUT2D eigenvalue weighted by molar-refractivity contribution is 6.32. The lowest BCUT2D eigenvalue weighted by Crippen LogP contribution is -2.45. The number of carbonyl (C=O) groups is 6. The summed E-state index contributed by atoms with van der Waals surface area (Å²) in [5, 5.41) is 0. The topological polar surface area (TPSA) is 149 Å². The predicted molar refractivity (Wildman–Crippen MR) is 212 cm³/mol. The van der Waals surface area contributed by atoms with Crippen LogP contribution in [0.1, 0.15) is 116 Å². The van der Waals surface area contributed by atoms with Gasteiger partial charge in [0.15, 0.2) is 0 Å². The van der Waals surface area contributed by atoms with Crippen LogP contribution in [-0.2, 0) is 60.7 Å². The zero-order valence-electron chi connectivity index (χ0n) is 33.9. The molecule has 0 amide bonds. The monoisotopic (exact) mass is 774 g/mol. The zero-order valence-corrected chi connectivity index (χ0v) is 33.9. The maximum absolute atomic E-state index is 12.5. The van der Waals surface area contributed by atoms with Gasteiger partial charge in [0.2, 0.25) is 11.6 Å². The third-order valence-corrected chi connectivity index (χ3v) is 10.1. The minimum Gasteiger partial charge on any atom is -0.492 e. The number of esters is 4. The fourth-order valence-electron chi connectivity index (χ4n) is 6.64. The lowest BCUT2D eigenvalue weighted by Gasteiger charge is -2.32. The number of rotatable bonds is 22. The Labute approximate surface area is 331 Å². The van der Waals surface area contributed by atoms with E-state index in [1.54, 1.807) is 6.07 Å². The normalized spacial score (nSPS) is 15.2. The van der Waals surface area contributed by atoms with E-state index >= 15 is 0 Å². The second kappa shape index (κ2) is 21.9. The Balaban J connectivity index is 1.98. The highest BCUT2D eigenvalue weighted by atomic mass is 16.6. The molecule has 0 heterocycles. The number of Topliss-reactive ketones (excluding diaryl/α,β-unsaturated/α-hetero) is 2. The van der Waals surface area contributed by atoms with Crippen LogP contribution in [0.2, 0.25) is 0 Å². The molecule has 3 rings (SSSR count). The number of ether oxygens (including phenoxy) is 5. The van der Waals surface area contributed by atoms with Crippen LogP contribution in [0.15, 0.2) is 60.7 Å². The first-order valence-corrected chi connectivity index (χ1v) is 19.5. The molecular formula is C45H58O11. The lowest BCUT2D eigenvalue weighted by molar-refractivity contribution is -0.168. The van der Waals surface area contributed by atoms with E-state index in [4.69, 9.17) is 23.7 Å². The van der Waals surface area contributed by atoms with Crippen molar-refractivity contribution in [1.82, 2.24) is 0 Å². The summed E-state index contributed by atoms with van der Waals surface area (Å²) in [6.45, 7) is 14.3. The van der Waals surface area contributed by atoms with Crippen molar-refractivity contribution in [2.45, 2.75) is 112 Å². The van der Waals surface area contributed by atoms with E-state index < -0.39 is 67.3 Å². The van der Waals surface area contributed by atoms with Crippen LogP contribution in [0.25, 0.3) is 11.1 Å². The zero-order chi connectivity index (χ0) is 41.4. The molecule has 0 spiro atoms. The molecule has 2 aromatic rings. The molecule has 0 bridgehead atoms. The number of hydrogen-bond acceptors (Lipinski definition) is 11. The molecule has 0 unspecified atom stereocenters. The Morgan fingerprint density at radius 1 is 0.661 bits per heavy atom. The molecule has 11 heteroatoms. The molecule has 1 saturated carbocycles. The van der Waals surface area contributed by atoms with E-state index in [1.165, 1.54) is 76.3 Å². The largest absolute Gasteiger partial charge is 0.492 e. The van der Waals surface area contributed by atoms with E-state index in [0.29, 0.717) is 11.5 Å². The van der Waals surface area contributed by atoms with Crippen molar-refractivity contribution in [3.63, 3.8) is 0 Å². The summed E-state index contributed by atoms with van der Waals surface area (Å²) < 4.78 is 27.7. The lowest BCUT2D eigenvalue weighted by atomic mass is 9.76. The summed E-state index contributed by atoms with van der Waals surface area (Å²) in [6.07, 6.45) is 10.9. The molecule has 0 saturated heterocycles. The Morgan fingerprint density at radius 2 is 1.23 bits per heavy atom. The molecule has 1 fully saturated rings.